The fourth-order valence-electron chi connectivity index (χ4n) is 2.51. The van der Waals surface area contributed by atoms with Crippen LogP contribution in [0.1, 0.15) is 44.2 Å². The smallest absolute Gasteiger partial charge is 0.0277 e. The minimum absolute atomic E-state index is 0.393. The Bertz CT molecular complexity index is 533. The summed E-state index contributed by atoms with van der Waals surface area (Å²) in [6, 6.07) is 8.77. The number of benzene rings is 1. The predicted octanol–water partition coefficient (Wildman–Crippen LogP) is 5.50. The van der Waals surface area contributed by atoms with E-state index in [4.69, 9.17) is 0 Å². The fourth-order valence-corrected chi connectivity index (χ4v) is 2.51. The Morgan fingerprint density at radius 2 is 1.95 bits per heavy atom. The zero-order valence-electron chi connectivity index (χ0n) is 13.7. The molecular weight excluding hydrogens is 254 g/mol. The first-order valence-corrected chi connectivity index (χ1v) is 7.91. The van der Waals surface area contributed by atoms with Crippen molar-refractivity contribution in [2.24, 2.45) is 4.99 Å². The van der Waals surface area contributed by atoms with Crippen LogP contribution in [-0.2, 0) is 6.42 Å². The van der Waals surface area contributed by atoms with Crippen LogP contribution in [0.2, 0.25) is 0 Å². The zero-order valence-corrected chi connectivity index (χ0v) is 13.7. The van der Waals surface area contributed by atoms with Crippen molar-refractivity contribution in [2.45, 2.75) is 39.5 Å². The quantitative estimate of drug-likeness (QED) is 0.632. The van der Waals surface area contributed by atoms with Gasteiger partial charge in [0, 0.05) is 19.2 Å². The predicted molar refractivity (Wildman–Crippen MR) is 95.3 cm³/mol. The van der Waals surface area contributed by atoms with E-state index in [0.717, 1.165) is 6.42 Å². The zero-order chi connectivity index (χ0) is 15.5. The van der Waals surface area contributed by atoms with E-state index in [9.17, 15) is 0 Å². The lowest BCUT2D eigenvalue weighted by molar-refractivity contribution is 0.888. The summed E-state index contributed by atoms with van der Waals surface area (Å²) in [5.74, 6) is 0.393. The summed E-state index contributed by atoms with van der Waals surface area (Å²) in [6.07, 6.45) is 14.9. The summed E-state index contributed by atoms with van der Waals surface area (Å²) in [5.41, 5.74) is 4.23. The van der Waals surface area contributed by atoms with Crippen molar-refractivity contribution in [1.82, 2.24) is 0 Å². The SMILES string of the molecule is CC.CCCc1ccccc1C1C=CC=C1/C=C/C=NC. The first kappa shape index (κ1) is 17.2. The van der Waals surface area contributed by atoms with E-state index < -0.39 is 0 Å². The molecule has 0 saturated heterocycles. The van der Waals surface area contributed by atoms with Gasteiger partial charge in [0.15, 0.2) is 0 Å². The summed E-state index contributed by atoms with van der Waals surface area (Å²) < 4.78 is 0. The van der Waals surface area contributed by atoms with Crippen LogP contribution in [0.4, 0.5) is 0 Å². The molecule has 0 fully saturated rings. The maximum atomic E-state index is 3.98. The standard InChI is InChI=1S/C18H21N.C2H6/c1-3-8-15-9-4-5-12-17(15)18-13-6-10-16(18)11-7-14-19-2;1-2/h4-7,9-14,18H,3,8H2,1-2H3;1-2H3/b11-7+,19-14?;. The van der Waals surface area contributed by atoms with Crippen molar-refractivity contribution in [3.63, 3.8) is 0 Å². The second-order valence-electron chi connectivity index (χ2n) is 4.74. The number of hydrogen-bond acceptors (Lipinski definition) is 1. The molecule has 0 radical (unpaired) electrons. The van der Waals surface area contributed by atoms with E-state index >= 15 is 0 Å². The first-order chi connectivity index (χ1) is 10.4. The molecule has 1 nitrogen and oxygen atoms in total. The Morgan fingerprint density at radius 1 is 1.19 bits per heavy atom. The van der Waals surface area contributed by atoms with Gasteiger partial charge in [-0.2, -0.15) is 0 Å². The highest BCUT2D eigenvalue weighted by atomic mass is 14.6. The molecule has 1 unspecified atom stereocenters. The van der Waals surface area contributed by atoms with Gasteiger partial charge in [-0.25, -0.2) is 0 Å². The van der Waals surface area contributed by atoms with Crippen molar-refractivity contribution in [3.05, 3.63) is 71.3 Å². The third-order valence-electron chi connectivity index (χ3n) is 3.38. The molecule has 1 aromatic rings. The van der Waals surface area contributed by atoms with Gasteiger partial charge in [-0.3, -0.25) is 4.99 Å². The molecule has 112 valence electrons. The van der Waals surface area contributed by atoms with Crippen LogP contribution in [0.25, 0.3) is 0 Å². The van der Waals surface area contributed by atoms with Crippen LogP contribution in [0.15, 0.2) is 65.2 Å². The van der Waals surface area contributed by atoms with Crippen LogP contribution in [-0.4, -0.2) is 13.3 Å². The molecule has 1 aliphatic rings. The van der Waals surface area contributed by atoms with E-state index in [1.807, 2.05) is 26.1 Å². The van der Waals surface area contributed by atoms with Crippen molar-refractivity contribution in [1.29, 1.82) is 0 Å². The minimum Gasteiger partial charge on any atom is -0.297 e. The maximum absolute atomic E-state index is 3.98. The highest BCUT2D eigenvalue weighted by Crippen LogP contribution is 2.33. The summed E-state index contributed by atoms with van der Waals surface area (Å²) in [6.45, 7) is 6.23. The van der Waals surface area contributed by atoms with Gasteiger partial charge in [0.1, 0.15) is 0 Å². The molecule has 1 aromatic carbocycles. The van der Waals surface area contributed by atoms with Crippen molar-refractivity contribution in [3.8, 4) is 0 Å². The van der Waals surface area contributed by atoms with E-state index in [-0.39, 0.29) is 0 Å². The average Bonchev–Trinajstić information content (AvgIpc) is 2.99. The monoisotopic (exact) mass is 281 g/mol. The van der Waals surface area contributed by atoms with E-state index in [0.29, 0.717) is 5.92 Å². The lowest BCUT2D eigenvalue weighted by Crippen LogP contribution is -2.00. The van der Waals surface area contributed by atoms with Gasteiger partial charge in [-0.1, -0.05) is 75.8 Å². The first-order valence-electron chi connectivity index (χ1n) is 7.91. The molecule has 1 atom stereocenters. The van der Waals surface area contributed by atoms with Crippen LogP contribution < -0.4 is 0 Å². The molecule has 0 heterocycles. The van der Waals surface area contributed by atoms with Gasteiger partial charge in [-0.05, 0) is 29.2 Å². The third kappa shape index (κ3) is 4.86. The number of nitrogens with zero attached hydrogens (tertiary/aromatic N) is 1. The Kier molecular flexibility index (Phi) is 8.11. The van der Waals surface area contributed by atoms with Gasteiger partial charge >= 0.3 is 0 Å². The minimum atomic E-state index is 0.393. The molecule has 0 bridgehead atoms. The number of allylic oxidation sites excluding steroid dienone is 6. The van der Waals surface area contributed by atoms with Crippen molar-refractivity contribution < 1.29 is 0 Å². The Hall–Kier alpha value is -1.89. The highest BCUT2D eigenvalue weighted by Gasteiger charge is 2.17. The lowest BCUT2D eigenvalue weighted by atomic mass is 9.88. The average molecular weight is 281 g/mol. The molecule has 0 amide bonds. The second-order valence-corrected chi connectivity index (χ2v) is 4.74. The number of aryl methyl sites for hydroxylation is 1. The molecule has 0 aromatic heterocycles. The van der Waals surface area contributed by atoms with Gasteiger partial charge in [0.05, 0.1) is 0 Å². The Balaban J connectivity index is 0.00000106. The van der Waals surface area contributed by atoms with Crippen molar-refractivity contribution in [2.75, 3.05) is 7.05 Å². The normalized spacial score (nSPS) is 17.1. The van der Waals surface area contributed by atoms with Gasteiger partial charge < -0.3 is 0 Å². The Morgan fingerprint density at radius 3 is 2.67 bits per heavy atom. The largest absolute Gasteiger partial charge is 0.297 e. The van der Waals surface area contributed by atoms with Crippen LogP contribution in [0.3, 0.4) is 0 Å². The Labute approximate surface area is 129 Å². The topological polar surface area (TPSA) is 12.4 Å². The van der Waals surface area contributed by atoms with E-state index in [2.05, 4.69) is 60.5 Å². The van der Waals surface area contributed by atoms with Crippen LogP contribution >= 0.6 is 0 Å². The molecule has 21 heavy (non-hydrogen) atoms. The summed E-state index contributed by atoms with van der Waals surface area (Å²) in [4.78, 5) is 3.98. The van der Waals surface area contributed by atoms with E-state index in [1.165, 1.54) is 23.1 Å². The van der Waals surface area contributed by atoms with Crippen LogP contribution in [0.5, 0.6) is 0 Å². The molecule has 1 aliphatic carbocycles. The summed E-state index contributed by atoms with van der Waals surface area (Å²) >= 11 is 0. The van der Waals surface area contributed by atoms with Gasteiger partial charge in [0.2, 0.25) is 0 Å². The number of rotatable bonds is 5. The van der Waals surface area contributed by atoms with E-state index in [1.54, 1.807) is 7.05 Å². The molecule has 0 N–H and O–H groups in total. The number of hydrogen-bond donors (Lipinski definition) is 0. The summed E-state index contributed by atoms with van der Waals surface area (Å²) in [5, 5.41) is 0. The fraction of sp³-hybridized carbons (Fsp3) is 0.350. The molecule has 2 rings (SSSR count). The number of aliphatic imine (C=N–C) groups is 1. The van der Waals surface area contributed by atoms with Crippen LogP contribution in [0, 0.1) is 0 Å². The lowest BCUT2D eigenvalue weighted by Gasteiger charge is -2.16. The molecular formula is C20H27N. The highest BCUT2D eigenvalue weighted by molar-refractivity contribution is 5.72. The maximum Gasteiger partial charge on any atom is 0.0277 e. The van der Waals surface area contributed by atoms with Gasteiger partial charge in [-0.15, -0.1) is 0 Å². The van der Waals surface area contributed by atoms with Gasteiger partial charge in [0.25, 0.3) is 0 Å². The molecule has 0 aliphatic heterocycles. The molecule has 0 saturated carbocycles. The second kappa shape index (κ2) is 9.93. The summed E-state index contributed by atoms with van der Waals surface area (Å²) in [7, 11) is 1.79. The molecule has 1 heteroatoms. The third-order valence-corrected chi connectivity index (χ3v) is 3.38. The van der Waals surface area contributed by atoms with Crippen molar-refractivity contribution >= 4 is 6.21 Å². The molecule has 0 spiro atoms.